The smallest absolute Gasteiger partial charge is 0 e. The van der Waals surface area contributed by atoms with Crippen LogP contribution in [-0.2, 0) is 21.1 Å². The van der Waals surface area contributed by atoms with Crippen molar-refractivity contribution in [3.8, 4) is 0 Å². The Kier molecular flexibility index (Phi) is 21.1. The Morgan fingerprint density at radius 1 is 1.75 bits per heavy atom. The van der Waals surface area contributed by atoms with Crippen LogP contribution in [0.1, 0.15) is 0 Å². The Hall–Kier alpha value is 0.568. The average molecular weight is 243 g/mol. The second-order valence-corrected chi connectivity index (χ2v) is 0.129. The first-order valence-corrected chi connectivity index (χ1v) is 0.512. The molecule has 0 atom stereocenters. The van der Waals surface area contributed by atoms with Gasteiger partial charge in [-0.25, -0.2) is 5.84 Å². The third kappa shape index (κ3) is 19.6. The van der Waals surface area contributed by atoms with Gasteiger partial charge in [0, 0.05) is 21.1 Å². The molecule has 0 aliphatic heterocycles. The Labute approximate surface area is 38.4 Å². The molecule has 0 unspecified atom stereocenters. The normalized spacial score (nSPS) is 4.50. The molecular formula is H4N2OPt. The summed E-state index contributed by atoms with van der Waals surface area (Å²) in [6.07, 6.45) is 0. The monoisotopic (exact) mass is 243 g/mol. The summed E-state index contributed by atoms with van der Waals surface area (Å²) < 4.78 is 0. The summed E-state index contributed by atoms with van der Waals surface area (Å²) in [5.41, 5.74) is 1.25. The van der Waals surface area contributed by atoms with E-state index in [4.69, 9.17) is 5.21 Å². The molecule has 0 aliphatic carbocycles. The van der Waals surface area contributed by atoms with Crippen molar-refractivity contribution in [2.24, 2.45) is 5.84 Å². The van der Waals surface area contributed by atoms with Gasteiger partial charge in [0.1, 0.15) is 0 Å². The zero-order valence-electron chi connectivity index (χ0n) is 1.84. The summed E-state index contributed by atoms with van der Waals surface area (Å²) in [6, 6.07) is 0. The van der Waals surface area contributed by atoms with Crippen LogP contribution in [0, 0.1) is 0 Å². The molecule has 0 spiro atoms. The maximum atomic E-state index is 7.10. The maximum absolute atomic E-state index is 7.10. The molecule has 0 aliphatic rings. The molecule has 3 nitrogen and oxygen atoms in total. The van der Waals surface area contributed by atoms with Crippen LogP contribution in [0.15, 0.2) is 0 Å². The van der Waals surface area contributed by atoms with E-state index in [9.17, 15) is 0 Å². The topological polar surface area (TPSA) is 58.3 Å². The molecule has 0 bridgehead atoms. The minimum atomic E-state index is 0. The Morgan fingerprint density at radius 3 is 1.75 bits per heavy atom. The minimum absolute atomic E-state index is 0. The van der Waals surface area contributed by atoms with Crippen LogP contribution >= 0.6 is 0 Å². The molecule has 4 N–H and O–H groups in total. The second kappa shape index (κ2) is 9.57. The summed E-state index contributed by atoms with van der Waals surface area (Å²) in [4.78, 5) is 0. The number of nitrogens with two attached hydrogens (primary N) is 1. The number of hydrogen-bond acceptors (Lipinski definition) is 3. The van der Waals surface area contributed by atoms with Gasteiger partial charge in [0.2, 0.25) is 0 Å². The summed E-state index contributed by atoms with van der Waals surface area (Å²) >= 11 is 0. The summed E-state index contributed by atoms with van der Waals surface area (Å²) in [6.45, 7) is 0. The van der Waals surface area contributed by atoms with Crippen molar-refractivity contribution >= 4 is 0 Å². The zero-order valence-corrected chi connectivity index (χ0v) is 4.11. The third-order valence-electron chi connectivity index (χ3n) is 0. The molecule has 4 heteroatoms. The van der Waals surface area contributed by atoms with E-state index in [2.05, 4.69) is 5.84 Å². The van der Waals surface area contributed by atoms with Gasteiger partial charge >= 0.3 is 0 Å². The van der Waals surface area contributed by atoms with Gasteiger partial charge in [-0.1, -0.05) is 0 Å². The van der Waals surface area contributed by atoms with Gasteiger partial charge in [-0.15, -0.1) is 5.59 Å². The fraction of sp³-hybridized carbons (Fsp3) is 0. The van der Waals surface area contributed by atoms with Crippen molar-refractivity contribution in [1.82, 2.24) is 5.59 Å². The van der Waals surface area contributed by atoms with E-state index in [1.54, 1.807) is 0 Å². The maximum Gasteiger partial charge on any atom is 0 e. The van der Waals surface area contributed by atoms with Crippen LogP contribution in [0.25, 0.3) is 0 Å². The molecule has 4 heavy (non-hydrogen) atoms. The number of hydrogen-bond donors (Lipinski definition) is 3. The molecule has 0 fully saturated rings. The number of nitrogens with one attached hydrogen (secondary N) is 1. The molecule has 0 radical (unpaired) electrons. The van der Waals surface area contributed by atoms with Crippen molar-refractivity contribution in [1.29, 1.82) is 0 Å². The molecule has 0 amide bonds. The van der Waals surface area contributed by atoms with Crippen LogP contribution in [-0.4, -0.2) is 5.21 Å². The van der Waals surface area contributed by atoms with Gasteiger partial charge < -0.3 is 5.21 Å². The van der Waals surface area contributed by atoms with Gasteiger partial charge in [-0.05, 0) is 0 Å². The molecule has 0 heterocycles. The van der Waals surface area contributed by atoms with E-state index in [1.807, 2.05) is 0 Å². The SMILES string of the molecule is NNO.[Pt]. The first kappa shape index (κ1) is 8.82. The zero-order chi connectivity index (χ0) is 2.71. The average Bonchev–Trinajstić information content (AvgIpc) is 0.918. The summed E-state index contributed by atoms with van der Waals surface area (Å²) in [5.74, 6) is 4.15. The summed E-state index contributed by atoms with van der Waals surface area (Å²) in [7, 11) is 0. The van der Waals surface area contributed by atoms with Crippen molar-refractivity contribution < 1.29 is 26.3 Å². The predicted molar refractivity (Wildman–Crippen MR) is 9.11 cm³/mol. The molecule has 0 saturated carbocycles. The van der Waals surface area contributed by atoms with Crippen molar-refractivity contribution in [3.05, 3.63) is 0 Å². The fourth-order valence-corrected chi connectivity index (χ4v) is 0. The predicted octanol–water partition coefficient (Wildman–Crippen LogP) is -1.16. The van der Waals surface area contributed by atoms with Crippen LogP contribution < -0.4 is 11.4 Å². The van der Waals surface area contributed by atoms with Crippen LogP contribution in [0.4, 0.5) is 0 Å². The van der Waals surface area contributed by atoms with Gasteiger partial charge in [0.15, 0.2) is 0 Å². The van der Waals surface area contributed by atoms with Crippen LogP contribution in [0.3, 0.4) is 0 Å². The first-order chi connectivity index (χ1) is 1.41. The van der Waals surface area contributed by atoms with Crippen molar-refractivity contribution in [2.45, 2.75) is 0 Å². The van der Waals surface area contributed by atoms with Crippen molar-refractivity contribution in [3.63, 3.8) is 0 Å². The number of rotatable bonds is 0. The number of hydrazine groups is 1. The van der Waals surface area contributed by atoms with Crippen LogP contribution in [0.5, 0.6) is 0 Å². The third-order valence-corrected chi connectivity index (χ3v) is 0. The van der Waals surface area contributed by atoms with E-state index >= 15 is 0 Å². The fourth-order valence-electron chi connectivity index (χ4n) is 0. The first-order valence-electron chi connectivity index (χ1n) is 0.512. The Morgan fingerprint density at radius 2 is 1.75 bits per heavy atom. The second-order valence-electron chi connectivity index (χ2n) is 0.129. The van der Waals surface area contributed by atoms with Crippen molar-refractivity contribution in [2.75, 3.05) is 0 Å². The van der Waals surface area contributed by atoms with E-state index in [0.717, 1.165) is 0 Å². The van der Waals surface area contributed by atoms with Crippen LogP contribution in [0.2, 0.25) is 0 Å². The molecule has 0 aromatic heterocycles. The summed E-state index contributed by atoms with van der Waals surface area (Å²) in [5, 5.41) is 7.10. The standard InChI is InChI=1S/H4N2O.Pt/c1-2-3;/h2-3H,1H2;. The van der Waals surface area contributed by atoms with E-state index in [-0.39, 0.29) is 21.1 Å². The quantitative estimate of drug-likeness (QED) is 0.371. The molecular weight excluding hydrogens is 239 g/mol. The molecule has 0 aromatic carbocycles. The molecule has 30 valence electrons. The van der Waals surface area contributed by atoms with Gasteiger partial charge in [-0.3, -0.25) is 0 Å². The van der Waals surface area contributed by atoms with E-state index in [1.165, 1.54) is 5.59 Å². The van der Waals surface area contributed by atoms with E-state index in [0.29, 0.717) is 0 Å². The largest absolute Gasteiger partial charge is 0.302 e. The molecule has 0 aromatic rings. The molecule has 0 saturated heterocycles. The van der Waals surface area contributed by atoms with E-state index < -0.39 is 0 Å². The minimum Gasteiger partial charge on any atom is -0.302 e. The van der Waals surface area contributed by atoms with Gasteiger partial charge in [-0.2, -0.15) is 0 Å². The van der Waals surface area contributed by atoms with Gasteiger partial charge in [0.05, 0.1) is 0 Å². The van der Waals surface area contributed by atoms with Gasteiger partial charge in [0.25, 0.3) is 0 Å². The Balaban J connectivity index is 0. The molecule has 0 rings (SSSR count). The Bertz CT molecular complexity index is 6.00.